The van der Waals surface area contributed by atoms with Gasteiger partial charge < -0.3 is 11.1 Å². The number of rotatable bonds is 3. The van der Waals surface area contributed by atoms with Crippen LogP contribution in [0.1, 0.15) is 5.69 Å². The summed E-state index contributed by atoms with van der Waals surface area (Å²) >= 11 is 9.23. The van der Waals surface area contributed by atoms with E-state index in [0.29, 0.717) is 22.1 Å². The van der Waals surface area contributed by atoms with E-state index in [1.54, 1.807) is 30.3 Å². The lowest BCUT2D eigenvalue weighted by atomic mass is 10.2. The van der Waals surface area contributed by atoms with Gasteiger partial charge in [0.25, 0.3) is 0 Å². The largest absolute Gasteiger partial charge is 0.397 e. The molecule has 0 saturated carbocycles. The van der Waals surface area contributed by atoms with Crippen LogP contribution in [0.15, 0.2) is 41.0 Å². The Morgan fingerprint density at radius 3 is 2.84 bits per heavy atom. The van der Waals surface area contributed by atoms with Gasteiger partial charge in [-0.05, 0) is 46.3 Å². The number of carbonyl (C=O) groups excluding carboxylic acids is 1. The summed E-state index contributed by atoms with van der Waals surface area (Å²) in [7, 11) is 0. The van der Waals surface area contributed by atoms with E-state index in [4.69, 9.17) is 17.3 Å². The van der Waals surface area contributed by atoms with Gasteiger partial charge in [-0.15, -0.1) is 0 Å². The number of nitrogens with one attached hydrogen (secondary N) is 1. The van der Waals surface area contributed by atoms with Crippen molar-refractivity contribution in [1.29, 1.82) is 0 Å². The minimum absolute atomic E-state index is 0.166. The lowest BCUT2D eigenvalue weighted by molar-refractivity contribution is -0.115. The van der Waals surface area contributed by atoms with Gasteiger partial charge in [0.05, 0.1) is 24.0 Å². The minimum atomic E-state index is -0.166. The van der Waals surface area contributed by atoms with Gasteiger partial charge in [0.2, 0.25) is 5.91 Å². The first-order valence-electron chi connectivity index (χ1n) is 5.50. The summed E-state index contributed by atoms with van der Waals surface area (Å²) in [6.45, 7) is 0. The molecule has 0 bridgehead atoms. The molecule has 2 rings (SSSR count). The molecule has 0 unspecified atom stereocenters. The molecule has 0 atom stereocenters. The summed E-state index contributed by atoms with van der Waals surface area (Å²) in [5.41, 5.74) is 7.39. The number of aromatic nitrogens is 1. The van der Waals surface area contributed by atoms with E-state index in [9.17, 15) is 4.79 Å². The lowest BCUT2D eigenvalue weighted by Crippen LogP contribution is -2.15. The number of carbonyl (C=O) groups is 1. The molecule has 0 aliphatic heterocycles. The number of nitrogens with zero attached hydrogens (tertiary/aromatic N) is 1. The van der Waals surface area contributed by atoms with Crippen LogP contribution in [0.3, 0.4) is 0 Å². The van der Waals surface area contributed by atoms with Crippen molar-refractivity contribution in [2.45, 2.75) is 6.42 Å². The average molecular weight is 341 g/mol. The average Bonchev–Trinajstić information content (AvgIpc) is 2.37. The summed E-state index contributed by atoms with van der Waals surface area (Å²) in [6, 6.07) is 8.63. The number of hydrogen-bond acceptors (Lipinski definition) is 3. The fraction of sp³-hybridized carbons (Fsp3) is 0.0769. The van der Waals surface area contributed by atoms with E-state index < -0.39 is 0 Å². The maximum atomic E-state index is 11.9. The summed E-state index contributed by atoms with van der Waals surface area (Å²) in [6.07, 6.45) is 1.71. The summed E-state index contributed by atoms with van der Waals surface area (Å²) < 4.78 is 0.774. The number of benzene rings is 1. The molecule has 0 aliphatic carbocycles. The molecule has 4 nitrogen and oxygen atoms in total. The molecule has 2 aromatic rings. The third kappa shape index (κ3) is 3.94. The number of pyridine rings is 1. The summed E-state index contributed by atoms with van der Waals surface area (Å²) in [5, 5.41) is 3.33. The maximum Gasteiger partial charge on any atom is 0.230 e. The van der Waals surface area contributed by atoms with Crippen molar-refractivity contribution in [3.05, 3.63) is 51.7 Å². The van der Waals surface area contributed by atoms with Crippen LogP contribution in [0, 0.1) is 0 Å². The lowest BCUT2D eigenvalue weighted by Gasteiger charge is -2.07. The fourth-order valence-corrected chi connectivity index (χ4v) is 2.01. The third-order valence-electron chi connectivity index (χ3n) is 2.39. The Bertz CT molecular complexity index is 601. The van der Waals surface area contributed by atoms with Crippen LogP contribution in [0.4, 0.5) is 11.4 Å². The zero-order chi connectivity index (χ0) is 13.8. The van der Waals surface area contributed by atoms with Crippen LogP contribution in [-0.2, 0) is 11.2 Å². The van der Waals surface area contributed by atoms with Gasteiger partial charge in [-0.2, -0.15) is 0 Å². The van der Waals surface area contributed by atoms with Crippen LogP contribution in [-0.4, -0.2) is 10.9 Å². The van der Waals surface area contributed by atoms with Gasteiger partial charge in [0, 0.05) is 15.2 Å². The topological polar surface area (TPSA) is 68.0 Å². The Morgan fingerprint density at radius 2 is 2.16 bits per heavy atom. The van der Waals surface area contributed by atoms with E-state index in [1.165, 1.54) is 6.20 Å². The molecule has 0 saturated heterocycles. The number of nitrogen functional groups attached to an aromatic ring is 1. The van der Waals surface area contributed by atoms with Gasteiger partial charge in [-0.3, -0.25) is 9.78 Å². The highest BCUT2D eigenvalue weighted by molar-refractivity contribution is 9.10. The molecule has 6 heteroatoms. The van der Waals surface area contributed by atoms with Crippen LogP contribution >= 0.6 is 27.5 Å². The molecule has 0 aliphatic rings. The van der Waals surface area contributed by atoms with Crippen molar-refractivity contribution < 1.29 is 4.79 Å². The molecule has 19 heavy (non-hydrogen) atoms. The third-order valence-corrected chi connectivity index (χ3v) is 3.32. The quantitative estimate of drug-likeness (QED) is 0.901. The Labute approximate surface area is 124 Å². The van der Waals surface area contributed by atoms with E-state index in [1.807, 2.05) is 0 Å². The number of nitrogens with two attached hydrogens (primary N) is 1. The molecule has 0 spiro atoms. The first-order chi connectivity index (χ1) is 9.04. The second kappa shape index (κ2) is 6.04. The van der Waals surface area contributed by atoms with Crippen LogP contribution in [0.5, 0.6) is 0 Å². The van der Waals surface area contributed by atoms with Gasteiger partial charge in [0.15, 0.2) is 0 Å². The Morgan fingerprint density at radius 1 is 1.37 bits per heavy atom. The first kappa shape index (κ1) is 13.8. The number of halogens is 2. The molecule has 3 N–H and O–H groups in total. The zero-order valence-corrected chi connectivity index (χ0v) is 12.2. The van der Waals surface area contributed by atoms with Crippen molar-refractivity contribution >= 4 is 44.8 Å². The molecule has 1 aromatic heterocycles. The van der Waals surface area contributed by atoms with Crippen molar-refractivity contribution in [3.8, 4) is 0 Å². The minimum Gasteiger partial charge on any atom is -0.397 e. The highest BCUT2D eigenvalue weighted by Crippen LogP contribution is 2.25. The second-order valence-corrected chi connectivity index (χ2v) is 5.22. The van der Waals surface area contributed by atoms with E-state index in [-0.39, 0.29) is 12.3 Å². The molecule has 98 valence electrons. The molecule has 0 fully saturated rings. The van der Waals surface area contributed by atoms with Crippen LogP contribution < -0.4 is 11.1 Å². The fourth-order valence-electron chi connectivity index (χ4n) is 1.49. The number of amides is 1. The standard InChI is InChI=1S/C13H11BrClN3O/c14-11-4-1-8(15)5-12(11)18-13(19)6-10-3-2-9(16)7-17-10/h1-5,7H,6,16H2,(H,18,19). The van der Waals surface area contributed by atoms with Gasteiger partial charge in [-0.1, -0.05) is 11.6 Å². The van der Waals surface area contributed by atoms with Crippen LogP contribution in [0.25, 0.3) is 0 Å². The van der Waals surface area contributed by atoms with Crippen LogP contribution in [0.2, 0.25) is 5.02 Å². The van der Waals surface area contributed by atoms with Crippen molar-refractivity contribution in [3.63, 3.8) is 0 Å². The molecular weight excluding hydrogens is 330 g/mol. The molecule has 1 heterocycles. The molecular formula is C13H11BrClN3O. The van der Waals surface area contributed by atoms with Gasteiger partial charge in [0.1, 0.15) is 0 Å². The van der Waals surface area contributed by atoms with Crippen molar-refractivity contribution in [2.24, 2.45) is 0 Å². The van der Waals surface area contributed by atoms with Gasteiger partial charge >= 0.3 is 0 Å². The SMILES string of the molecule is Nc1ccc(CC(=O)Nc2cc(Cl)ccc2Br)nc1. The second-order valence-electron chi connectivity index (χ2n) is 3.93. The molecule has 0 radical (unpaired) electrons. The highest BCUT2D eigenvalue weighted by Gasteiger charge is 2.08. The summed E-state index contributed by atoms with van der Waals surface area (Å²) in [4.78, 5) is 16.0. The number of anilines is 2. The zero-order valence-electron chi connectivity index (χ0n) is 9.86. The normalized spacial score (nSPS) is 10.2. The van der Waals surface area contributed by atoms with E-state index in [0.717, 1.165) is 4.47 Å². The Hall–Kier alpha value is -1.59. The predicted octanol–water partition coefficient (Wildman–Crippen LogP) is 3.26. The van der Waals surface area contributed by atoms with Crippen molar-refractivity contribution in [2.75, 3.05) is 11.1 Å². The maximum absolute atomic E-state index is 11.9. The number of hydrogen-bond donors (Lipinski definition) is 2. The van der Waals surface area contributed by atoms with Crippen molar-refractivity contribution in [1.82, 2.24) is 4.98 Å². The first-order valence-corrected chi connectivity index (χ1v) is 6.67. The molecule has 1 amide bonds. The smallest absolute Gasteiger partial charge is 0.230 e. The summed E-state index contributed by atoms with van der Waals surface area (Å²) in [5.74, 6) is -0.166. The Kier molecular flexibility index (Phi) is 4.39. The Balaban J connectivity index is 2.05. The monoisotopic (exact) mass is 339 g/mol. The predicted molar refractivity (Wildman–Crippen MR) is 80.1 cm³/mol. The van der Waals surface area contributed by atoms with E-state index >= 15 is 0 Å². The highest BCUT2D eigenvalue weighted by atomic mass is 79.9. The van der Waals surface area contributed by atoms with Gasteiger partial charge in [-0.25, -0.2) is 0 Å². The van der Waals surface area contributed by atoms with E-state index in [2.05, 4.69) is 26.2 Å². The molecule has 1 aromatic carbocycles.